The van der Waals surface area contributed by atoms with Crippen LogP contribution in [0.15, 0.2) is 24.3 Å². The molecule has 0 fully saturated rings. The van der Waals surface area contributed by atoms with Crippen LogP contribution in [0.2, 0.25) is 0 Å². The second kappa shape index (κ2) is 5.90. The van der Waals surface area contributed by atoms with E-state index in [9.17, 15) is 5.11 Å². The van der Waals surface area contributed by atoms with Crippen LogP contribution in [0.1, 0.15) is 39.2 Å². The smallest absolute Gasteiger partial charge is 0.0635 e. The summed E-state index contributed by atoms with van der Waals surface area (Å²) in [6, 6.07) is 8.58. The van der Waals surface area contributed by atoms with Gasteiger partial charge in [-0.05, 0) is 29.5 Å². The first-order valence-electron chi connectivity index (χ1n) is 6.02. The van der Waals surface area contributed by atoms with Crippen LogP contribution in [-0.4, -0.2) is 17.8 Å². The van der Waals surface area contributed by atoms with Gasteiger partial charge in [0.15, 0.2) is 0 Å². The normalized spacial score (nSPS) is 13.2. The third-order valence-corrected chi connectivity index (χ3v) is 2.93. The molecule has 0 aliphatic rings. The van der Waals surface area contributed by atoms with Crippen LogP contribution in [0, 0.1) is 5.92 Å². The van der Waals surface area contributed by atoms with Gasteiger partial charge in [0, 0.05) is 5.69 Å². The molecule has 0 aromatic heterocycles. The number of hydrogen-bond donors (Lipinski definition) is 2. The van der Waals surface area contributed by atoms with E-state index in [4.69, 9.17) is 0 Å². The van der Waals surface area contributed by atoms with Gasteiger partial charge in [-0.3, -0.25) is 0 Å². The molecular formula is C14H23NO. The van der Waals surface area contributed by atoms with Gasteiger partial charge in [0.1, 0.15) is 0 Å². The topological polar surface area (TPSA) is 32.3 Å². The summed E-state index contributed by atoms with van der Waals surface area (Å²) in [7, 11) is 0. The van der Waals surface area contributed by atoms with Crippen molar-refractivity contribution >= 4 is 5.69 Å². The minimum Gasteiger partial charge on any atom is -0.394 e. The van der Waals surface area contributed by atoms with Gasteiger partial charge in [-0.2, -0.15) is 0 Å². The first kappa shape index (κ1) is 13.0. The molecule has 0 bridgehead atoms. The molecular weight excluding hydrogens is 198 g/mol. The zero-order chi connectivity index (χ0) is 12.1. The Morgan fingerprint density at radius 3 is 2.00 bits per heavy atom. The number of benzene rings is 1. The molecule has 0 saturated carbocycles. The molecule has 1 rings (SSSR count). The van der Waals surface area contributed by atoms with E-state index in [0.717, 1.165) is 5.69 Å². The van der Waals surface area contributed by atoms with Gasteiger partial charge >= 0.3 is 0 Å². The summed E-state index contributed by atoms with van der Waals surface area (Å²) < 4.78 is 0. The number of aliphatic hydroxyl groups is 1. The lowest BCUT2D eigenvalue weighted by Crippen LogP contribution is -2.29. The monoisotopic (exact) mass is 221 g/mol. The molecule has 16 heavy (non-hydrogen) atoms. The van der Waals surface area contributed by atoms with Gasteiger partial charge < -0.3 is 10.4 Å². The number of nitrogens with one attached hydrogen (secondary N) is 1. The predicted octanol–water partition coefficient (Wildman–Crippen LogP) is 3.24. The highest BCUT2D eigenvalue weighted by molar-refractivity contribution is 5.46. The molecule has 1 aromatic rings. The third-order valence-electron chi connectivity index (χ3n) is 2.93. The van der Waals surface area contributed by atoms with Crippen molar-refractivity contribution in [1.29, 1.82) is 0 Å². The molecule has 0 spiro atoms. The van der Waals surface area contributed by atoms with Crippen molar-refractivity contribution in [3.63, 3.8) is 0 Å². The van der Waals surface area contributed by atoms with E-state index in [-0.39, 0.29) is 12.6 Å². The van der Waals surface area contributed by atoms with Gasteiger partial charge in [-0.1, -0.05) is 39.8 Å². The molecule has 1 unspecified atom stereocenters. The van der Waals surface area contributed by atoms with E-state index in [0.29, 0.717) is 11.8 Å². The van der Waals surface area contributed by atoms with Crippen molar-refractivity contribution in [1.82, 2.24) is 0 Å². The highest BCUT2D eigenvalue weighted by atomic mass is 16.3. The van der Waals surface area contributed by atoms with Crippen molar-refractivity contribution in [2.45, 2.75) is 39.7 Å². The zero-order valence-corrected chi connectivity index (χ0v) is 10.7. The Balaban J connectivity index is 2.67. The Kier molecular flexibility index (Phi) is 4.81. The SMILES string of the molecule is CC(C)c1ccc(NC(CO)C(C)C)cc1. The van der Waals surface area contributed by atoms with Crippen molar-refractivity contribution in [3.8, 4) is 0 Å². The first-order valence-corrected chi connectivity index (χ1v) is 6.02. The summed E-state index contributed by atoms with van der Waals surface area (Å²) >= 11 is 0. The lowest BCUT2D eigenvalue weighted by molar-refractivity contribution is 0.249. The summed E-state index contributed by atoms with van der Waals surface area (Å²) in [4.78, 5) is 0. The van der Waals surface area contributed by atoms with Crippen molar-refractivity contribution < 1.29 is 5.11 Å². The maximum atomic E-state index is 9.24. The van der Waals surface area contributed by atoms with Gasteiger partial charge in [-0.25, -0.2) is 0 Å². The fraction of sp³-hybridized carbons (Fsp3) is 0.571. The largest absolute Gasteiger partial charge is 0.394 e. The highest BCUT2D eigenvalue weighted by Crippen LogP contribution is 2.18. The molecule has 1 aromatic carbocycles. The zero-order valence-electron chi connectivity index (χ0n) is 10.7. The lowest BCUT2D eigenvalue weighted by atomic mass is 10.0. The summed E-state index contributed by atoms with van der Waals surface area (Å²) in [5.74, 6) is 0.988. The quantitative estimate of drug-likeness (QED) is 0.800. The average Bonchev–Trinajstić information content (AvgIpc) is 2.26. The Bertz CT molecular complexity index is 303. The Morgan fingerprint density at radius 1 is 1.06 bits per heavy atom. The Labute approximate surface area is 98.7 Å². The van der Waals surface area contributed by atoms with Gasteiger partial charge in [0.05, 0.1) is 12.6 Å². The molecule has 0 radical (unpaired) electrons. The number of aliphatic hydroxyl groups excluding tert-OH is 1. The molecule has 90 valence electrons. The summed E-state index contributed by atoms with van der Waals surface area (Å²) in [6.45, 7) is 8.76. The maximum Gasteiger partial charge on any atom is 0.0635 e. The lowest BCUT2D eigenvalue weighted by Gasteiger charge is -2.21. The van der Waals surface area contributed by atoms with Crippen LogP contribution in [0.3, 0.4) is 0 Å². The maximum absolute atomic E-state index is 9.24. The second-order valence-electron chi connectivity index (χ2n) is 4.95. The van der Waals surface area contributed by atoms with E-state index in [1.807, 2.05) is 0 Å². The van der Waals surface area contributed by atoms with Crippen molar-refractivity contribution in [2.24, 2.45) is 5.92 Å². The third kappa shape index (κ3) is 3.53. The molecule has 0 aliphatic carbocycles. The van der Waals surface area contributed by atoms with Crippen LogP contribution in [0.25, 0.3) is 0 Å². The number of rotatable bonds is 5. The number of anilines is 1. The first-order chi connectivity index (χ1) is 7.54. The van der Waals surface area contributed by atoms with Crippen LogP contribution in [0.5, 0.6) is 0 Å². The molecule has 0 heterocycles. The second-order valence-corrected chi connectivity index (χ2v) is 4.95. The fourth-order valence-electron chi connectivity index (χ4n) is 1.60. The number of hydrogen-bond acceptors (Lipinski definition) is 2. The van der Waals surface area contributed by atoms with E-state index in [1.165, 1.54) is 5.56 Å². The van der Waals surface area contributed by atoms with Crippen molar-refractivity contribution in [2.75, 3.05) is 11.9 Å². The van der Waals surface area contributed by atoms with Gasteiger partial charge in [-0.15, -0.1) is 0 Å². The molecule has 2 N–H and O–H groups in total. The van der Waals surface area contributed by atoms with E-state index >= 15 is 0 Å². The molecule has 2 heteroatoms. The van der Waals surface area contributed by atoms with Crippen LogP contribution >= 0.6 is 0 Å². The summed E-state index contributed by atoms with van der Waals surface area (Å²) in [5, 5.41) is 12.6. The molecule has 2 nitrogen and oxygen atoms in total. The Hall–Kier alpha value is -1.02. The van der Waals surface area contributed by atoms with E-state index < -0.39 is 0 Å². The highest BCUT2D eigenvalue weighted by Gasteiger charge is 2.11. The van der Waals surface area contributed by atoms with Crippen LogP contribution < -0.4 is 5.32 Å². The molecule has 1 atom stereocenters. The van der Waals surface area contributed by atoms with E-state index in [1.54, 1.807) is 0 Å². The van der Waals surface area contributed by atoms with Gasteiger partial charge in [0.2, 0.25) is 0 Å². The summed E-state index contributed by atoms with van der Waals surface area (Å²) in [5.41, 5.74) is 2.42. The van der Waals surface area contributed by atoms with Crippen molar-refractivity contribution in [3.05, 3.63) is 29.8 Å². The standard InChI is InChI=1S/C14H23NO/c1-10(2)12-5-7-13(8-6-12)15-14(9-16)11(3)4/h5-8,10-11,14-16H,9H2,1-4H3. The fourth-order valence-corrected chi connectivity index (χ4v) is 1.60. The molecule has 0 amide bonds. The summed E-state index contributed by atoms with van der Waals surface area (Å²) in [6.07, 6.45) is 0. The van der Waals surface area contributed by atoms with E-state index in [2.05, 4.69) is 57.3 Å². The van der Waals surface area contributed by atoms with Gasteiger partial charge in [0.25, 0.3) is 0 Å². The molecule has 0 aliphatic heterocycles. The Morgan fingerprint density at radius 2 is 1.62 bits per heavy atom. The van der Waals surface area contributed by atoms with Crippen LogP contribution in [0.4, 0.5) is 5.69 Å². The average molecular weight is 221 g/mol. The minimum absolute atomic E-state index is 0.130. The van der Waals surface area contributed by atoms with Crippen LogP contribution in [-0.2, 0) is 0 Å². The minimum atomic E-state index is 0.130. The predicted molar refractivity (Wildman–Crippen MR) is 69.9 cm³/mol. The molecule has 0 saturated heterocycles.